The van der Waals surface area contributed by atoms with E-state index in [0.717, 1.165) is 6.42 Å². The molecular weight excluding hydrogens is 235 g/mol. The van der Waals surface area contributed by atoms with E-state index >= 15 is 0 Å². The molecule has 1 aliphatic rings. The Morgan fingerprint density at radius 3 is 2.78 bits per heavy atom. The summed E-state index contributed by atoms with van der Waals surface area (Å²) in [6, 6.07) is 3.75. The van der Waals surface area contributed by atoms with E-state index in [9.17, 15) is 14.0 Å². The number of hydrogen-bond donors (Lipinski definition) is 1. The van der Waals surface area contributed by atoms with Crippen molar-refractivity contribution in [3.63, 3.8) is 0 Å². The fourth-order valence-corrected chi connectivity index (χ4v) is 2.20. The van der Waals surface area contributed by atoms with Crippen LogP contribution in [0.5, 0.6) is 0 Å². The Bertz CT molecular complexity index is 502. The number of amides is 2. The summed E-state index contributed by atoms with van der Waals surface area (Å²) < 4.78 is 13.4. The topological polar surface area (TPSA) is 63.4 Å². The van der Waals surface area contributed by atoms with Gasteiger partial charge in [-0.2, -0.15) is 0 Å². The zero-order valence-corrected chi connectivity index (χ0v) is 10.1. The molecule has 1 atom stereocenters. The van der Waals surface area contributed by atoms with Crippen molar-refractivity contribution in [2.24, 2.45) is 5.73 Å². The Labute approximate surface area is 105 Å². The minimum absolute atomic E-state index is 0.256. The molecule has 1 saturated heterocycles. The molecule has 0 aliphatic carbocycles. The summed E-state index contributed by atoms with van der Waals surface area (Å²) in [5.41, 5.74) is 5.99. The molecule has 96 valence electrons. The van der Waals surface area contributed by atoms with Gasteiger partial charge in [-0.05, 0) is 37.5 Å². The highest BCUT2D eigenvalue weighted by Crippen LogP contribution is 2.20. The number of nitrogens with zero attached hydrogens (tertiary/aromatic N) is 1. The number of carbonyl (C=O) groups excluding carboxylic acids is 2. The molecule has 0 aromatic heterocycles. The molecule has 4 nitrogen and oxygen atoms in total. The fraction of sp³-hybridized carbons (Fsp3) is 0.385. The summed E-state index contributed by atoms with van der Waals surface area (Å²) in [5, 5.41) is 0. The van der Waals surface area contributed by atoms with Gasteiger partial charge >= 0.3 is 0 Å². The number of likely N-dealkylation sites (tertiary alicyclic amines) is 1. The van der Waals surface area contributed by atoms with Gasteiger partial charge in [-0.1, -0.05) is 6.07 Å². The molecule has 0 radical (unpaired) electrons. The van der Waals surface area contributed by atoms with Crippen LogP contribution in [0.4, 0.5) is 4.39 Å². The molecule has 2 N–H and O–H groups in total. The van der Waals surface area contributed by atoms with Crippen LogP contribution in [0, 0.1) is 12.7 Å². The highest BCUT2D eigenvalue weighted by molar-refractivity contribution is 5.97. The molecule has 1 aliphatic heterocycles. The van der Waals surface area contributed by atoms with E-state index in [1.165, 1.54) is 11.0 Å². The van der Waals surface area contributed by atoms with Gasteiger partial charge in [0.1, 0.15) is 11.9 Å². The van der Waals surface area contributed by atoms with Crippen LogP contribution < -0.4 is 5.73 Å². The van der Waals surface area contributed by atoms with E-state index in [2.05, 4.69) is 0 Å². The number of benzene rings is 1. The van der Waals surface area contributed by atoms with Crippen LogP contribution in [0.15, 0.2) is 18.2 Å². The second-order valence-electron chi connectivity index (χ2n) is 4.52. The third kappa shape index (κ3) is 2.20. The van der Waals surface area contributed by atoms with Crippen LogP contribution in [-0.4, -0.2) is 29.3 Å². The highest BCUT2D eigenvalue weighted by Gasteiger charge is 2.33. The molecule has 5 heteroatoms. The standard InChI is InChI=1S/C13H15FN2O2/c1-8-4-5-9(7-10(8)14)13(18)16-6-2-3-11(16)12(15)17/h4-5,7,11H,2-3,6H2,1H3,(H2,15,17)/t11-/m1/s1. The predicted octanol–water partition coefficient (Wildman–Crippen LogP) is 1.22. The molecular formula is C13H15FN2O2. The number of hydrogen-bond acceptors (Lipinski definition) is 2. The molecule has 0 unspecified atom stereocenters. The first kappa shape index (κ1) is 12.5. The minimum Gasteiger partial charge on any atom is -0.368 e. The summed E-state index contributed by atoms with van der Waals surface area (Å²) in [5.74, 6) is -1.26. The Balaban J connectivity index is 2.25. The third-order valence-electron chi connectivity index (χ3n) is 3.26. The smallest absolute Gasteiger partial charge is 0.254 e. The van der Waals surface area contributed by atoms with E-state index in [1.54, 1.807) is 19.1 Å². The van der Waals surface area contributed by atoms with E-state index in [-0.39, 0.29) is 11.5 Å². The van der Waals surface area contributed by atoms with Crippen molar-refractivity contribution >= 4 is 11.8 Å². The van der Waals surface area contributed by atoms with Crippen LogP contribution in [0.2, 0.25) is 0 Å². The Morgan fingerprint density at radius 2 is 2.17 bits per heavy atom. The van der Waals surface area contributed by atoms with E-state index < -0.39 is 17.8 Å². The maximum atomic E-state index is 13.4. The van der Waals surface area contributed by atoms with E-state index in [4.69, 9.17) is 5.73 Å². The zero-order chi connectivity index (χ0) is 13.3. The number of primary amides is 1. The second-order valence-corrected chi connectivity index (χ2v) is 4.52. The van der Waals surface area contributed by atoms with Gasteiger partial charge in [0.05, 0.1) is 0 Å². The van der Waals surface area contributed by atoms with Gasteiger partial charge < -0.3 is 10.6 Å². The lowest BCUT2D eigenvalue weighted by atomic mass is 10.1. The van der Waals surface area contributed by atoms with Gasteiger partial charge in [0.15, 0.2) is 0 Å². The van der Waals surface area contributed by atoms with E-state index in [1.807, 2.05) is 0 Å². The molecule has 0 saturated carbocycles. The average molecular weight is 250 g/mol. The van der Waals surface area contributed by atoms with Gasteiger partial charge in [-0.15, -0.1) is 0 Å². The Kier molecular flexibility index (Phi) is 3.32. The summed E-state index contributed by atoms with van der Waals surface area (Å²) in [4.78, 5) is 24.8. The van der Waals surface area contributed by atoms with Gasteiger partial charge in [-0.25, -0.2) is 4.39 Å². The van der Waals surface area contributed by atoms with Crippen molar-refractivity contribution in [2.75, 3.05) is 6.54 Å². The summed E-state index contributed by atoms with van der Waals surface area (Å²) in [7, 11) is 0. The monoisotopic (exact) mass is 250 g/mol. The molecule has 1 aromatic rings. The largest absolute Gasteiger partial charge is 0.368 e. The highest BCUT2D eigenvalue weighted by atomic mass is 19.1. The van der Waals surface area contributed by atoms with Crippen LogP contribution >= 0.6 is 0 Å². The van der Waals surface area contributed by atoms with Crippen molar-refractivity contribution < 1.29 is 14.0 Å². The maximum absolute atomic E-state index is 13.4. The number of rotatable bonds is 2. The molecule has 1 heterocycles. The predicted molar refractivity (Wildman–Crippen MR) is 64.4 cm³/mol. The fourth-order valence-electron chi connectivity index (χ4n) is 2.20. The van der Waals surface area contributed by atoms with Crippen LogP contribution in [0.25, 0.3) is 0 Å². The quantitative estimate of drug-likeness (QED) is 0.857. The SMILES string of the molecule is Cc1ccc(C(=O)N2CCC[C@@H]2C(N)=O)cc1F. The zero-order valence-electron chi connectivity index (χ0n) is 10.1. The Hall–Kier alpha value is -1.91. The molecule has 18 heavy (non-hydrogen) atoms. The molecule has 0 spiro atoms. The lowest BCUT2D eigenvalue weighted by Gasteiger charge is -2.22. The molecule has 0 bridgehead atoms. The number of halogens is 1. The first-order chi connectivity index (χ1) is 8.50. The minimum atomic E-state index is -0.568. The number of nitrogens with two attached hydrogens (primary N) is 1. The van der Waals surface area contributed by atoms with E-state index in [0.29, 0.717) is 18.5 Å². The van der Waals surface area contributed by atoms with Crippen molar-refractivity contribution in [3.05, 3.63) is 35.1 Å². The first-order valence-electron chi connectivity index (χ1n) is 5.87. The molecule has 2 amide bonds. The van der Waals surface area contributed by atoms with Gasteiger partial charge in [0.2, 0.25) is 5.91 Å². The molecule has 1 fully saturated rings. The third-order valence-corrected chi connectivity index (χ3v) is 3.26. The van der Waals surface area contributed by atoms with Crippen LogP contribution in [0.3, 0.4) is 0 Å². The van der Waals surface area contributed by atoms with Gasteiger partial charge in [0.25, 0.3) is 5.91 Å². The Morgan fingerprint density at radius 1 is 1.44 bits per heavy atom. The van der Waals surface area contributed by atoms with Crippen molar-refractivity contribution in [3.8, 4) is 0 Å². The summed E-state index contributed by atoms with van der Waals surface area (Å²) in [6.07, 6.45) is 1.32. The summed E-state index contributed by atoms with van der Waals surface area (Å²) in [6.45, 7) is 2.12. The van der Waals surface area contributed by atoms with Crippen molar-refractivity contribution in [1.29, 1.82) is 0 Å². The van der Waals surface area contributed by atoms with Gasteiger partial charge in [0, 0.05) is 12.1 Å². The molecule has 1 aromatic carbocycles. The molecule has 2 rings (SSSR count). The lowest BCUT2D eigenvalue weighted by Crippen LogP contribution is -2.43. The van der Waals surface area contributed by atoms with Crippen molar-refractivity contribution in [2.45, 2.75) is 25.8 Å². The summed E-state index contributed by atoms with van der Waals surface area (Å²) >= 11 is 0. The normalized spacial score (nSPS) is 19.0. The van der Waals surface area contributed by atoms with Crippen LogP contribution in [-0.2, 0) is 4.79 Å². The van der Waals surface area contributed by atoms with Crippen molar-refractivity contribution in [1.82, 2.24) is 4.90 Å². The average Bonchev–Trinajstić information content (AvgIpc) is 2.81. The number of aryl methyl sites for hydroxylation is 1. The maximum Gasteiger partial charge on any atom is 0.254 e. The first-order valence-corrected chi connectivity index (χ1v) is 5.87. The lowest BCUT2D eigenvalue weighted by molar-refractivity contribution is -0.121. The second kappa shape index (κ2) is 4.76. The van der Waals surface area contributed by atoms with Crippen LogP contribution in [0.1, 0.15) is 28.8 Å². The van der Waals surface area contributed by atoms with Gasteiger partial charge in [-0.3, -0.25) is 9.59 Å². The number of carbonyl (C=O) groups is 2.